The van der Waals surface area contributed by atoms with Crippen LogP contribution in [0, 0.1) is 0 Å². The van der Waals surface area contributed by atoms with E-state index in [1.54, 1.807) is 0 Å². The van der Waals surface area contributed by atoms with Gasteiger partial charge >= 0.3 is 16.4 Å². The SMILES string of the molecule is CCCCCCC/C=C\C/C=C\CCCCCCCCCCCCCCCC(=O)OC(COCCCCCCCCCC/C=C\CCCCCCCC)COC1OC(CO)C(O)C(OS(=O)(=O)O)C1O. The summed E-state index contributed by atoms with van der Waals surface area (Å²) in [6.45, 7) is 4.01. The zero-order valence-electron chi connectivity index (χ0n) is 44.6. The van der Waals surface area contributed by atoms with E-state index in [1.165, 1.54) is 186 Å². The second-order valence-electron chi connectivity index (χ2n) is 19.9. The molecular formula is C57H106O12S. The molecule has 1 saturated heterocycles. The first-order valence-electron chi connectivity index (χ1n) is 28.7. The molecule has 1 aliphatic rings. The van der Waals surface area contributed by atoms with Crippen LogP contribution in [-0.2, 0) is 38.3 Å². The van der Waals surface area contributed by atoms with Crippen LogP contribution in [0.1, 0.15) is 258 Å². The monoisotopic (exact) mass is 1010 g/mol. The number of allylic oxidation sites excluding steroid dienone is 6. The van der Waals surface area contributed by atoms with Crippen molar-refractivity contribution >= 4 is 16.4 Å². The summed E-state index contributed by atoms with van der Waals surface area (Å²) in [4.78, 5) is 13.0. The van der Waals surface area contributed by atoms with Gasteiger partial charge in [-0.3, -0.25) is 9.35 Å². The zero-order chi connectivity index (χ0) is 51.0. The van der Waals surface area contributed by atoms with Gasteiger partial charge in [0.05, 0.1) is 19.8 Å². The number of hydrogen-bond acceptors (Lipinski definition) is 11. The molecule has 70 heavy (non-hydrogen) atoms. The number of carbonyl (C=O) groups is 1. The molecule has 1 aliphatic heterocycles. The van der Waals surface area contributed by atoms with Crippen LogP contribution in [0.15, 0.2) is 36.5 Å². The molecule has 0 amide bonds. The third kappa shape index (κ3) is 40.8. The molecule has 0 bridgehead atoms. The van der Waals surface area contributed by atoms with Gasteiger partial charge in [0, 0.05) is 13.0 Å². The van der Waals surface area contributed by atoms with Crippen molar-refractivity contribution in [3.8, 4) is 0 Å². The van der Waals surface area contributed by atoms with Crippen LogP contribution in [0.4, 0.5) is 0 Å². The fraction of sp³-hybridized carbons (Fsp3) is 0.877. The maximum atomic E-state index is 13.0. The minimum atomic E-state index is -5.07. The molecule has 0 saturated carbocycles. The number of esters is 1. The van der Waals surface area contributed by atoms with Crippen molar-refractivity contribution in [2.24, 2.45) is 0 Å². The van der Waals surface area contributed by atoms with Crippen molar-refractivity contribution in [1.29, 1.82) is 0 Å². The minimum Gasteiger partial charge on any atom is -0.457 e. The second kappa shape index (κ2) is 48.3. The van der Waals surface area contributed by atoms with Crippen LogP contribution < -0.4 is 0 Å². The molecule has 12 nitrogen and oxygen atoms in total. The molecule has 0 spiro atoms. The first kappa shape index (κ1) is 66.3. The van der Waals surface area contributed by atoms with Crippen LogP contribution in [0.3, 0.4) is 0 Å². The number of carbonyl (C=O) groups excluding carboxylic acids is 1. The Labute approximate surface area is 428 Å². The fourth-order valence-electron chi connectivity index (χ4n) is 8.88. The Morgan fingerprint density at radius 3 is 1.37 bits per heavy atom. The summed E-state index contributed by atoms with van der Waals surface area (Å²) in [5, 5.41) is 30.8. The summed E-state index contributed by atoms with van der Waals surface area (Å²) in [5.41, 5.74) is 0. The average Bonchev–Trinajstić information content (AvgIpc) is 3.34. The highest BCUT2D eigenvalue weighted by atomic mass is 32.3. The van der Waals surface area contributed by atoms with Gasteiger partial charge in [0.25, 0.3) is 0 Å². The molecule has 0 aromatic carbocycles. The molecule has 0 aliphatic carbocycles. The molecule has 1 heterocycles. The topological polar surface area (TPSA) is 178 Å². The van der Waals surface area contributed by atoms with Crippen molar-refractivity contribution in [3.05, 3.63) is 36.5 Å². The van der Waals surface area contributed by atoms with E-state index >= 15 is 0 Å². The van der Waals surface area contributed by atoms with Gasteiger partial charge in [-0.05, 0) is 70.6 Å². The molecule has 13 heteroatoms. The second-order valence-corrected chi connectivity index (χ2v) is 20.9. The van der Waals surface area contributed by atoms with E-state index in [0.29, 0.717) is 13.0 Å². The Hall–Kier alpha value is -1.68. The van der Waals surface area contributed by atoms with Crippen molar-refractivity contribution < 1.29 is 56.2 Å². The Balaban J connectivity index is 2.29. The predicted octanol–water partition coefficient (Wildman–Crippen LogP) is 14.1. The molecule has 0 aromatic rings. The van der Waals surface area contributed by atoms with Gasteiger partial charge in [0.1, 0.15) is 30.5 Å². The summed E-state index contributed by atoms with van der Waals surface area (Å²) < 4.78 is 59.4. The fourth-order valence-corrected chi connectivity index (χ4v) is 9.39. The van der Waals surface area contributed by atoms with Gasteiger partial charge in [-0.1, -0.05) is 217 Å². The Morgan fingerprint density at radius 2 is 0.943 bits per heavy atom. The molecular weight excluding hydrogens is 909 g/mol. The summed E-state index contributed by atoms with van der Waals surface area (Å²) in [5.74, 6) is -0.397. The van der Waals surface area contributed by atoms with E-state index in [2.05, 4.69) is 54.5 Å². The van der Waals surface area contributed by atoms with Gasteiger partial charge in [-0.25, -0.2) is 4.18 Å². The van der Waals surface area contributed by atoms with Crippen molar-refractivity contribution in [2.45, 2.75) is 295 Å². The Morgan fingerprint density at radius 1 is 0.543 bits per heavy atom. The normalized spacial score (nSPS) is 19.3. The van der Waals surface area contributed by atoms with Crippen LogP contribution >= 0.6 is 0 Å². The lowest BCUT2D eigenvalue weighted by atomic mass is 9.99. The summed E-state index contributed by atoms with van der Waals surface area (Å²) in [7, 11) is -5.07. The van der Waals surface area contributed by atoms with Gasteiger partial charge < -0.3 is 34.3 Å². The molecule has 6 atom stereocenters. The third-order valence-electron chi connectivity index (χ3n) is 13.2. The van der Waals surface area contributed by atoms with Crippen LogP contribution in [0.5, 0.6) is 0 Å². The van der Waals surface area contributed by atoms with Gasteiger partial charge in [-0.2, -0.15) is 8.42 Å². The Bertz CT molecular complexity index is 1360. The largest absolute Gasteiger partial charge is 0.457 e. The number of hydrogen-bond donors (Lipinski definition) is 4. The van der Waals surface area contributed by atoms with Gasteiger partial charge in [0.15, 0.2) is 6.29 Å². The highest BCUT2D eigenvalue weighted by molar-refractivity contribution is 7.80. The predicted molar refractivity (Wildman–Crippen MR) is 285 cm³/mol. The van der Waals surface area contributed by atoms with E-state index in [4.69, 9.17) is 18.9 Å². The lowest BCUT2D eigenvalue weighted by Gasteiger charge is -2.41. The zero-order valence-corrected chi connectivity index (χ0v) is 45.4. The molecule has 1 rings (SSSR count). The molecule has 0 radical (unpaired) electrons. The van der Waals surface area contributed by atoms with Crippen molar-refractivity contribution in [3.63, 3.8) is 0 Å². The van der Waals surface area contributed by atoms with E-state index in [0.717, 1.165) is 44.9 Å². The summed E-state index contributed by atoms with van der Waals surface area (Å²) in [6.07, 6.45) is 50.3. The molecule has 412 valence electrons. The smallest absolute Gasteiger partial charge is 0.397 e. The van der Waals surface area contributed by atoms with E-state index < -0.39 is 59.8 Å². The van der Waals surface area contributed by atoms with Gasteiger partial charge in [0.2, 0.25) is 0 Å². The summed E-state index contributed by atoms with van der Waals surface area (Å²) in [6, 6.07) is 0. The Kier molecular flexibility index (Phi) is 45.7. The number of unbranched alkanes of at least 4 members (excludes halogenated alkanes) is 32. The first-order chi connectivity index (χ1) is 34.1. The molecule has 4 N–H and O–H groups in total. The van der Waals surface area contributed by atoms with Crippen LogP contribution in [0.2, 0.25) is 0 Å². The lowest BCUT2D eigenvalue weighted by Crippen LogP contribution is -2.60. The van der Waals surface area contributed by atoms with Crippen molar-refractivity contribution in [2.75, 3.05) is 26.4 Å². The van der Waals surface area contributed by atoms with Crippen LogP contribution in [0.25, 0.3) is 0 Å². The highest BCUT2D eigenvalue weighted by Gasteiger charge is 2.48. The highest BCUT2D eigenvalue weighted by Crippen LogP contribution is 2.26. The summed E-state index contributed by atoms with van der Waals surface area (Å²) >= 11 is 0. The van der Waals surface area contributed by atoms with Gasteiger partial charge in [-0.15, -0.1) is 0 Å². The average molecular weight is 1020 g/mol. The number of rotatable bonds is 51. The number of aliphatic hydroxyl groups is 3. The van der Waals surface area contributed by atoms with E-state index in [1.807, 2.05) is 0 Å². The molecule has 0 aromatic heterocycles. The molecule has 6 unspecified atom stereocenters. The minimum absolute atomic E-state index is 0.0359. The third-order valence-corrected chi connectivity index (χ3v) is 13.7. The maximum Gasteiger partial charge on any atom is 0.397 e. The van der Waals surface area contributed by atoms with E-state index in [-0.39, 0.29) is 19.6 Å². The quantitative estimate of drug-likeness (QED) is 0.0196. The molecule has 1 fully saturated rings. The van der Waals surface area contributed by atoms with E-state index in [9.17, 15) is 33.1 Å². The van der Waals surface area contributed by atoms with Crippen molar-refractivity contribution in [1.82, 2.24) is 0 Å². The number of ether oxygens (including phenoxy) is 4. The number of aliphatic hydroxyl groups excluding tert-OH is 3. The standard InChI is InChI=1S/C57H106O12S/c1-3-5-7-9-11-13-15-17-19-21-23-24-25-26-27-28-29-30-32-34-36-38-40-42-44-46-53(59)67-51(50-66-57-55(61)56(69-70(62,63)64)54(60)52(48-58)68-57)49-65-47-45-43-41-39-37-35-33-31-22-20-18-16-14-12-10-8-6-4-2/h15,17-18,20-21,23,51-52,54-58,60-61H,3-14,16,19,22,24-50H2,1-2H3,(H,62,63,64)/b17-15-,20-18-,23-21-. The maximum absolute atomic E-state index is 13.0. The van der Waals surface area contributed by atoms with Crippen LogP contribution in [-0.4, -0.2) is 97.5 Å². The lowest BCUT2D eigenvalue weighted by molar-refractivity contribution is -0.301. The first-order valence-corrected chi connectivity index (χ1v) is 30.1.